The van der Waals surface area contributed by atoms with Crippen LogP contribution in [0.5, 0.6) is 0 Å². The van der Waals surface area contributed by atoms with Gasteiger partial charge in [0, 0.05) is 5.22 Å². The van der Waals surface area contributed by atoms with Gasteiger partial charge < -0.3 is 0 Å². The fraction of sp³-hybridized carbons (Fsp3) is 0.238. The van der Waals surface area contributed by atoms with Gasteiger partial charge in [-0.05, 0) is 53.8 Å². The Kier molecular flexibility index (Phi) is 5.18. The van der Waals surface area contributed by atoms with Crippen molar-refractivity contribution in [1.29, 1.82) is 0 Å². The highest BCUT2D eigenvalue weighted by molar-refractivity contribution is 5.66. The van der Waals surface area contributed by atoms with Crippen LogP contribution in [0.3, 0.4) is 0 Å². The van der Waals surface area contributed by atoms with Gasteiger partial charge in [0.25, 0.3) is 0 Å². The first kappa shape index (κ1) is 19.3. The van der Waals surface area contributed by atoms with E-state index in [2.05, 4.69) is 0 Å². The van der Waals surface area contributed by atoms with Gasteiger partial charge in [-0.3, -0.25) is 0 Å². The van der Waals surface area contributed by atoms with Crippen LogP contribution in [0.1, 0.15) is 26.2 Å². The van der Waals surface area contributed by atoms with Crippen LogP contribution in [0.25, 0.3) is 11.1 Å². The molecule has 0 saturated carbocycles. The summed E-state index contributed by atoms with van der Waals surface area (Å²) in [7, 11) is 0. The first-order valence-corrected chi connectivity index (χ1v) is 8.44. The Morgan fingerprint density at radius 1 is 0.889 bits per heavy atom. The van der Waals surface area contributed by atoms with Gasteiger partial charge in [0.15, 0.2) is 0 Å². The third-order valence-electron chi connectivity index (χ3n) is 4.61. The first-order valence-electron chi connectivity index (χ1n) is 8.44. The molecule has 3 rings (SSSR count). The van der Waals surface area contributed by atoms with Gasteiger partial charge in [0.1, 0.15) is 17.5 Å². The van der Waals surface area contributed by atoms with Crippen molar-refractivity contribution in [1.82, 2.24) is 0 Å². The summed E-state index contributed by atoms with van der Waals surface area (Å²) in [6.45, 7) is 2.00. The van der Waals surface area contributed by atoms with Crippen molar-refractivity contribution in [2.75, 3.05) is 0 Å². The molecule has 27 heavy (non-hydrogen) atoms. The van der Waals surface area contributed by atoms with E-state index in [0.717, 1.165) is 29.7 Å². The molecule has 142 valence electrons. The second-order valence-corrected chi connectivity index (χ2v) is 6.35. The molecule has 0 saturated heterocycles. The lowest BCUT2D eigenvalue weighted by Gasteiger charge is -2.15. The molecule has 2 aliphatic carbocycles. The van der Waals surface area contributed by atoms with Gasteiger partial charge in [-0.2, -0.15) is 13.2 Å². The molecule has 6 heteroatoms. The Balaban J connectivity index is 2.09. The van der Waals surface area contributed by atoms with Crippen LogP contribution in [0.15, 0.2) is 59.5 Å². The molecular formula is C21H16F6. The fourth-order valence-electron chi connectivity index (χ4n) is 3.15. The topological polar surface area (TPSA) is 0 Å². The number of hydrogen-bond acceptors (Lipinski definition) is 0. The zero-order valence-electron chi connectivity index (χ0n) is 14.4. The molecule has 0 amide bonds. The van der Waals surface area contributed by atoms with Gasteiger partial charge in [0.2, 0.25) is 0 Å². The number of hydrogen-bond donors (Lipinski definition) is 0. The summed E-state index contributed by atoms with van der Waals surface area (Å²) in [5.74, 6) is -3.41. The maximum Gasteiger partial charge on any atom is 0.418 e. The van der Waals surface area contributed by atoms with E-state index in [1.54, 1.807) is 6.08 Å². The lowest BCUT2D eigenvalue weighted by molar-refractivity contribution is -0.0913. The minimum absolute atomic E-state index is 0.167. The summed E-state index contributed by atoms with van der Waals surface area (Å²) in [5, 5.41) is -0.152. The average Bonchev–Trinajstić information content (AvgIpc) is 2.60. The van der Waals surface area contributed by atoms with Crippen LogP contribution < -0.4 is 10.4 Å². The molecule has 0 spiro atoms. The maximum atomic E-state index is 14.5. The smallest absolute Gasteiger partial charge is 0.206 e. The molecule has 0 unspecified atom stereocenters. The van der Waals surface area contributed by atoms with Crippen molar-refractivity contribution >= 4 is 11.1 Å². The summed E-state index contributed by atoms with van der Waals surface area (Å²) in [6, 6.07) is 2.26. The molecule has 0 nitrogen and oxygen atoms in total. The quantitative estimate of drug-likeness (QED) is 0.578. The van der Waals surface area contributed by atoms with Gasteiger partial charge in [-0.1, -0.05) is 36.8 Å². The molecule has 1 aromatic rings. The van der Waals surface area contributed by atoms with Crippen LogP contribution in [0.2, 0.25) is 0 Å². The van der Waals surface area contributed by atoms with Gasteiger partial charge in [-0.15, -0.1) is 0 Å². The summed E-state index contributed by atoms with van der Waals surface area (Å²) in [5.41, 5.74) is 0.262. The van der Waals surface area contributed by atoms with Gasteiger partial charge in [-0.25, -0.2) is 13.2 Å². The minimum Gasteiger partial charge on any atom is -0.206 e. The SMILES string of the molecule is CCC1=CCC(=c2cc(F)c(=C3C=C(F)C(C(F)(F)F)=CC3)c(F)c2)C=C1. The number of halogens is 6. The number of allylic oxidation sites excluding steroid dienone is 8. The molecule has 0 N–H and O–H groups in total. The number of benzene rings is 1. The highest BCUT2D eigenvalue weighted by atomic mass is 19.4. The van der Waals surface area contributed by atoms with E-state index in [0.29, 0.717) is 23.8 Å². The van der Waals surface area contributed by atoms with E-state index >= 15 is 0 Å². The van der Waals surface area contributed by atoms with E-state index in [4.69, 9.17) is 0 Å². The molecule has 0 heterocycles. The minimum atomic E-state index is -4.85. The van der Waals surface area contributed by atoms with E-state index in [1.165, 1.54) is 0 Å². The van der Waals surface area contributed by atoms with Gasteiger partial charge in [0.05, 0.1) is 5.57 Å². The van der Waals surface area contributed by atoms with Crippen LogP contribution in [0, 0.1) is 11.6 Å². The summed E-state index contributed by atoms with van der Waals surface area (Å²) in [4.78, 5) is 0. The van der Waals surface area contributed by atoms with E-state index in [1.807, 2.05) is 19.1 Å². The Hall–Kier alpha value is -2.50. The monoisotopic (exact) mass is 382 g/mol. The van der Waals surface area contributed by atoms with Gasteiger partial charge >= 0.3 is 6.18 Å². The normalized spacial score (nSPS) is 17.7. The Morgan fingerprint density at radius 2 is 1.52 bits per heavy atom. The molecule has 0 aliphatic heterocycles. The summed E-state index contributed by atoms with van der Waals surface area (Å²) in [6.07, 6.45) is 2.92. The zero-order chi connectivity index (χ0) is 19.8. The third-order valence-corrected chi connectivity index (χ3v) is 4.61. The molecule has 0 atom stereocenters. The zero-order valence-corrected chi connectivity index (χ0v) is 14.4. The molecule has 2 aliphatic rings. The molecule has 0 bridgehead atoms. The fourth-order valence-corrected chi connectivity index (χ4v) is 3.15. The third kappa shape index (κ3) is 3.94. The van der Waals surface area contributed by atoms with Crippen molar-refractivity contribution in [3.63, 3.8) is 0 Å². The van der Waals surface area contributed by atoms with Crippen LogP contribution in [-0.2, 0) is 0 Å². The second kappa shape index (κ2) is 7.25. The average molecular weight is 382 g/mol. The first-order chi connectivity index (χ1) is 12.7. The highest BCUT2D eigenvalue weighted by Crippen LogP contribution is 2.36. The largest absolute Gasteiger partial charge is 0.418 e. The summed E-state index contributed by atoms with van der Waals surface area (Å²) < 4.78 is 80.9. The van der Waals surface area contributed by atoms with Crippen LogP contribution >= 0.6 is 0 Å². The molecule has 1 aromatic carbocycles. The predicted molar refractivity (Wildman–Crippen MR) is 92.5 cm³/mol. The molecule has 0 fully saturated rings. The Morgan fingerprint density at radius 3 is 2.00 bits per heavy atom. The molecular weight excluding hydrogens is 366 g/mol. The number of rotatable bonds is 1. The lowest BCUT2D eigenvalue weighted by atomic mass is 9.96. The van der Waals surface area contributed by atoms with Crippen LogP contribution in [-0.4, -0.2) is 6.18 Å². The predicted octanol–water partition coefficient (Wildman–Crippen LogP) is 5.31. The number of alkyl halides is 3. The van der Waals surface area contributed by atoms with E-state index < -0.39 is 40.9 Å². The second-order valence-electron chi connectivity index (χ2n) is 6.35. The van der Waals surface area contributed by atoms with E-state index in [9.17, 15) is 26.3 Å². The van der Waals surface area contributed by atoms with Crippen molar-refractivity contribution < 1.29 is 26.3 Å². The maximum absolute atomic E-state index is 14.5. The Labute approximate surface area is 152 Å². The lowest BCUT2D eigenvalue weighted by Crippen LogP contribution is -2.24. The van der Waals surface area contributed by atoms with Crippen LogP contribution in [0.4, 0.5) is 26.3 Å². The Bertz CT molecular complexity index is 987. The standard InChI is InChI=1S/C21H16F6/c1-2-12-3-5-13(6-4-12)15-10-18(23)20(19(24)11-15)14-7-8-16(17(22)9-14)21(25,26)27/h3-5,8-11H,2,6-7H2,1H3. The summed E-state index contributed by atoms with van der Waals surface area (Å²) >= 11 is 0. The van der Waals surface area contributed by atoms with Crippen molar-refractivity contribution in [2.24, 2.45) is 0 Å². The molecule has 0 radical (unpaired) electrons. The van der Waals surface area contributed by atoms with Crippen molar-refractivity contribution in [2.45, 2.75) is 32.4 Å². The molecule has 0 aromatic heterocycles. The van der Waals surface area contributed by atoms with E-state index in [-0.39, 0.29) is 5.57 Å². The van der Waals surface area contributed by atoms with Crippen molar-refractivity contribution in [3.05, 3.63) is 81.6 Å². The van der Waals surface area contributed by atoms with Crippen molar-refractivity contribution in [3.8, 4) is 0 Å². The highest BCUT2D eigenvalue weighted by Gasteiger charge is 2.37.